The molecule has 0 aliphatic heterocycles. The minimum atomic E-state index is -0.925. The molecule has 0 spiro atoms. The lowest BCUT2D eigenvalue weighted by Crippen LogP contribution is -2.23. The number of hydrogen-bond acceptors (Lipinski definition) is 1. The molecule has 1 nitrogen and oxygen atoms in total. The van der Waals surface area contributed by atoms with Crippen molar-refractivity contribution in [2.75, 3.05) is 0 Å². The second kappa shape index (κ2) is 3.93. The molecule has 1 N–H and O–H groups in total. The largest absolute Gasteiger partial charge is 0.385 e. The molecule has 1 aliphatic rings. The molecular formula is C13H17FO. The third-order valence-corrected chi connectivity index (χ3v) is 3.55. The minimum absolute atomic E-state index is 0.281. The van der Waals surface area contributed by atoms with Crippen molar-refractivity contribution < 1.29 is 9.50 Å². The van der Waals surface area contributed by atoms with Crippen LogP contribution >= 0.6 is 0 Å². The lowest BCUT2D eigenvalue weighted by molar-refractivity contribution is 0.0362. The van der Waals surface area contributed by atoms with Gasteiger partial charge in [-0.1, -0.05) is 31.5 Å². The molecule has 1 saturated carbocycles. The Kier molecular flexibility index (Phi) is 2.79. The third-order valence-electron chi connectivity index (χ3n) is 3.55. The van der Waals surface area contributed by atoms with Gasteiger partial charge in [-0.25, -0.2) is 4.39 Å². The normalized spacial score (nSPS) is 30.7. The van der Waals surface area contributed by atoms with Gasteiger partial charge in [0.15, 0.2) is 0 Å². The molecule has 2 heteroatoms. The van der Waals surface area contributed by atoms with Crippen molar-refractivity contribution >= 4 is 0 Å². The van der Waals surface area contributed by atoms with Gasteiger partial charge in [-0.3, -0.25) is 0 Å². The van der Waals surface area contributed by atoms with E-state index >= 15 is 0 Å². The molecule has 0 heterocycles. The molecule has 0 bridgehead atoms. The molecule has 0 radical (unpaired) electrons. The highest BCUT2D eigenvalue weighted by Crippen LogP contribution is 2.43. The predicted molar refractivity (Wildman–Crippen MR) is 57.9 cm³/mol. The Morgan fingerprint density at radius 2 is 2.20 bits per heavy atom. The maximum Gasteiger partial charge on any atom is 0.129 e. The van der Waals surface area contributed by atoms with Crippen molar-refractivity contribution in [3.63, 3.8) is 0 Å². The van der Waals surface area contributed by atoms with Crippen molar-refractivity contribution in [3.05, 3.63) is 35.6 Å². The maximum absolute atomic E-state index is 13.6. The number of benzene rings is 1. The van der Waals surface area contributed by atoms with Crippen LogP contribution in [0.25, 0.3) is 0 Å². The predicted octanol–water partition coefficient (Wildman–Crippen LogP) is 3.22. The Labute approximate surface area is 89.9 Å². The van der Waals surface area contributed by atoms with Crippen LogP contribution in [0.4, 0.5) is 4.39 Å². The molecule has 1 aromatic carbocycles. The second-order valence-corrected chi connectivity index (χ2v) is 4.53. The van der Waals surface area contributed by atoms with Gasteiger partial charge in [-0.05, 0) is 31.2 Å². The summed E-state index contributed by atoms with van der Waals surface area (Å²) in [7, 11) is 0. The zero-order valence-corrected chi connectivity index (χ0v) is 9.04. The summed E-state index contributed by atoms with van der Waals surface area (Å²) in [6, 6.07) is 6.57. The summed E-state index contributed by atoms with van der Waals surface area (Å²) in [6.07, 6.45) is 3.45. The molecule has 82 valence electrons. The van der Waals surface area contributed by atoms with Crippen LogP contribution in [-0.2, 0) is 5.60 Å². The first-order valence-electron chi connectivity index (χ1n) is 5.63. The molecule has 2 atom stereocenters. The summed E-state index contributed by atoms with van der Waals surface area (Å²) in [5.74, 6) is 0.256. The quantitative estimate of drug-likeness (QED) is 0.791. The number of hydrogen-bond donors (Lipinski definition) is 1. The summed E-state index contributed by atoms with van der Waals surface area (Å²) in [5, 5.41) is 10.4. The molecule has 1 aromatic rings. The van der Waals surface area contributed by atoms with Crippen LogP contribution in [0.15, 0.2) is 24.3 Å². The van der Waals surface area contributed by atoms with E-state index in [-0.39, 0.29) is 5.82 Å². The number of halogens is 1. The van der Waals surface area contributed by atoms with Crippen molar-refractivity contribution in [2.45, 2.75) is 38.2 Å². The van der Waals surface area contributed by atoms with Crippen molar-refractivity contribution in [1.29, 1.82) is 0 Å². The smallest absolute Gasteiger partial charge is 0.129 e. The average Bonchev–Trinajstić information content (AvgIpc) is 2.62. The molecule has 0 saturated heterocycles. The molecular weight excluding hydrogens is 191 g/mol. The zero-order chi connectivity index (χ0) is 10.9. The number of aliphatic hydroxyl groups is 1. The van der Waals surface area contributed by atoms with Crippen LogP contribution in [0.5, 0.6) is 0 Å². The van der Waals surface area contributed by atoms with Gasteiger partial charge in [0.2, 0.25) is 0 Å². The Balaban J connectivity index is 2.27. The van der Waals surface area contributed by atoms with Gasteiger partial charge in [-0.2, -0.15) is 0 Å². The molecule has 1 aliphatic carbocycles. The summed E-state index contributed by atoms with van der Waals surface area (Å²) in [6.45, 7) is 2.12. The summed E-state index contributed by atoms with van der Waals surface area (Å²) < 4.78 is 13.6. The van der Waals surface area contributed by atoms with Gasteiger partial charge in [0.1, 0.15) is 5.82 Å². The van der Waals surface area contributed by atoms with Crippen molar-refractivity contribution in [2.24, 2.45) is 5.92 Å². The fourth-order valence-corrected chi connectivity index (χ4v) is 2.56. The summed E-state index contributed by atoms with van der Waals surface area (Å²) in [5.41, 5.74) is -0.451. The number of rotatable bonds is 2. The zero-order valence-electron chi connectivity index (χ0n) is 9.04. The topological polar surface area (TPSA) is 20.2 Å². The van der Waals surface area contributed by atoms with Crippen LogP contribution in [0, 0.1) is 11.7 Å². The molecule has 2 unspecified atom stereocenters. The van der Waals surface area contributed by atoms with Crippen LogP contribution in [0.2, 0.25) is 0 Å². The lowest BCUT2D eigenvalue weighted by Gasteiger charge is -2.23. The van der Waals surface area contributed by atoms with Crippen LogP contribution in [-0.4, -0.2) is 5.11 Å². The second-order valence-electron chi connectivity index (χ2n) is 4.53. The lowest BCUT2D eigenvalue weighted by atomic mass is 9.90. The van der Waals surface area contributed by atoms with E-state index < -0.39 is 5.60 Å². The first-order chi connectivity index (χ1) is 7.15. The highest BCUT2D eigenvalue weighted by molar-refractivity contribution is 5.25. The highest BCUT2D eigenvalue weighted by atomic mass is 19.1. The van der Waals surface area contributed by atoms with Gasteiger partial charge in [0.05, 0.1) is 5.60 Å². The van der Waals surface area contributed by atoms with E-state index in [9.17, 15) is 9.50 Å². The van der Waals surface area contributed by atoms with Crippen LogP contribution in [0.1, 0.15) is 38.2 Å². The standard InChI is InChI=1S/C13H17FO/c1-2-10-7-8-13(15,9-10)11-5-3-4-6-12(11)14/h3-6,10,15H,2,7-9H2,1H3. The molecule has 1 fully saturated rings. The summed E-state index contributed by atoms with van der Waals surface area (Å²) >= 11 is 0. The Morgan fingerprint density at radius 3 is 2.80 bits per heavy atom. The minimum Gasteiger partial charge on any atom is -0.385 e. The third kappa shape index (κ3) is 1.91. The van der Waals surface area contributed by atoms with E-state index in [1.807, 2.05) is 0 Å². The fraction of sp³-hybridized carbons (Fsp3) is 0.538. The Bertz CT molecular complexity index is 350. The SMILES string of the molecule is CCC1CCC(O)(c2ccccc2F)C1. The first kappa shape index (κ1) is 10.6. The molecule has 15 heavy (non-hydrogen) atoms. The summed E-state index contributed by atoms with van der Waals surface area (Å²) in [4.78, 5) is 0. The van der Waals surface area contributed by atoms with Crippen LogP contribution in [0.3, 0.4) is 0 Å². The van der Waals surface area contributed by atoms with Crippen molar-refractivity contribution in [3.8, 4) is 0 Å². The average molecular weight is 208 g/mol. The van der Waals surface area contributed by atoms with E-state index in [1.54, 1.807) is 18.2 Å². The molecule has 0 amide bonds. The van der Waals surface area contributed by atoms with E-state index in [4.69, 9.17) is 0 Å². The van der Waals surface area contributed by atoms with Gasteiger partial charge in [0, 0.05) is 5.56 Å². The van der Waals surface area contributed by atoms with Crippen molar-refractivity contribution in [1.82, 2.24) is 0 Å². The first-order valence-corrected chi connectivity index (χ1v) is 5.63. The van der Waals surface area contributed by atoms with E-state index in [0.717, 1.165) is 12.8 Å². The van der Waals surface area contributed by atoms with Gasteiger partial charge in [-0.15, -0.1) is 0 Å². The van der Waals surface area contributed by atoms with E-state index in [2.05, 4.69) is 6.92 Å². The van der Waals surface area contributed by atoms with Gasteiger partial charge in [0.25, 0.3) is 0 Å². The van der Waals surface area contributed by atoms with Gasteiger partial charge >= 0.3 is 0 Å². The maximum atomic E-state index is 13.6. The van der Waals surface area contributed by atoms with Crippen LogP contribution < -0.4 is 0 Å². The van der Waals surface area contributed by atoms with Gasteiger partial charge < -0.3 is 5.11 Å². The van der Waals surface area contributed by atoms with E-state index in [0.29, 0.717) is 24.3 Å². The highest BCUT2D eigenvalue weighted by Gasteiger charge is 2.39. The molecule has 2 rings (SSSR count). The molecule has 0 aromatic heterocycles. The monoisotopic (exact) mass is 208 g/mol. The fourth-order valence-electron chi connectivity index (χ4n) is 2.56. The Hall–Kier alpha value is -0.890. The Morgan fingerprint density at radius 1 is 1.47 bits per heavy atom. The van der Waals surface area contributed by atoms with E-state index in [1.165, 1.54) is 6.07 Å².